The molecule has 1 aromatic rings. The smallest absolute Gasteiger partial charge is 0.333 e. The lowest BCUT2D eigenvalue weighted by atomic mass is 10.2. The normalized spacial score (nSPS) is 16.5. The first kappa shape index (κ1) is 11.9. The minimum atomic E-state index is -0.211. The number of rotatable bonds is 2. The predicted molar refractivity (Wildman–Crippen MR) is 65.7 cm³/mol. The molecule has 1 heterocycles. The number of amides is 2. The number of carbonyl (C=O) groups excluding carboxylic acids is 1. The third-order valence-electron chi connectivity index (χ3n) is 2.55. The number of hydrogen-bond acceptors (Lipinski definition) is 3. The number of hydrazine groups is 1. The summed E-state index contributed by atoms with van der Waals surface area (Å²) in [4.78, 5) is 11.7. The number of urea groups is 1. The molecule has 0 radical (unpaired) electrons. The molecular formula is C12H17N3O2. The molecule has 1 saturated heterocycles. The minimum absolute atomic E-state index is 0.211. The summed E-state index contributed by atoms with van der Waals surface area (Å²) >= 11 is 0. The Morgan fingerprint density at radius 1 is 1.35 bits per heavy atom. The van der Waals surface area contributed by atoms with Crippen molar-refractivity contribution in [3.05, 3.63) is 29.8 Å². The summed E-state index contributed by atoms with van der Waals surface area (Å²) in [7, 11) is 0. The lowest BCUT2D eigenvalue weighted by Crippen LogP contribution is -2.49. The zero-order valence-electron chi connectivity index (χ0n) is 9.90. The summed E-state index contributed by atoms with van der Waals surface area (Å²) in [5, 5.41) is 4.65. The summed E-state index contributed by atoms with van der Waals surface area (Å²) in [5.41, 5.74) is 4.71. The van der Waals surface area contributed by atoms with Crippen LogP contribution in [0.2, 0.25) is 0 Å². The Bertz CT molecular complexity index is 389. The Hall–Kier alpha value is -1.59. The minimum Gasteiger partial charge on any atom is -0.379 e. The van der Waals surface area contributed by atoms with E-state index in [9.17, 15) is 4.79 Å². The summed E-state index contributed by atoms with van der Waals surface area (Å²) < 4.78 is 5.20. The molecule has 17 heavy (non-hydrogen) atoms. The van der Waals surface area contributed by atoms with E-state index in [2.05, 4.69) is 10.7 Å². The monoisotopic (exact) mass is 235 g/mol. The highest BCUT2D eigenvalue weighted by Gasteiger charge is 2.12. The standard InChI is InChI=1S/C12H17N3O2/c1-10-3-2-4-11(9-10)13-12(16)14-15-5-7-17-8-6-15/h2-4,9H,5-8H2,1H3,(H2,13,14,16). The van der Waals surface area contributed by atoms with E-state index in [4.69, 9.17) is 4.74 Å². The van der Waals surface area contributed by atoms with Gasteiger partial charge in [-0.05, 0) is 24.6 Å². The lowest BCUT2D eigenvalue weighted by molar-refractivity contribution is 0.0207. The molecule has 92 valence electrons. The molecular weight excluding hydrogens is 218 g/mol. The van der Waals surface area contributed by atoms with Gasteiger partial charge in [0.15, 0.2) is 0 Å². The molecule has 5 heteroatoms. The van der Waals surface area contributed by atoms with Crippen LogP contribution < -0.4 is 10.7 Å². The number of morpholine rings is 1. The number of nitrogens with zero attached hydrogens (tertiary/aromatic N) is 1. The second-order valence-electron chi connectivity index (χ2n) is 4.03. The zero-order chi connectivity index (χ0) is 12.1. The van der Waals surface area contributed by atoms with Gasteiger partial charge in [-0.3, -0.25) is 5.43 Å². The van der Waals surface area contributed by atoms with Gasteiger partial charge < -0.3 is 10.1 Å². The second-order valence-corrected chi connectivity index (χ2v) is 4.03. The van der Waals surface area contributed by atoms with Crippen LogP contribution in [0, 0.1) is 6.92 Å². The molecule has 0 atom stereocenters. The van der Waals surface area contributed by atoms with E-state index < -0.39 is 0 Å². The van der Waals surface area contributed by atoms with Gasteiger partial charge in [0, 0.05) is 18.8 Å². The van der Waals surface area contributed by atoms with E-state index in [-0.39, 0.29) is 6.03 Å². The van der Waals surface area contributed by atoms with E-state index in [1.807, 2.05) is 36.2 Å². The molecule has 0 aromatic heterocycles. The Morgan fingerprint density at radius 2 is 2.12 bits per heavy atom. The maximum absolute atomic E-state index is 11.7. The van der Waals surface area contributed by atoms with Crippen molar-refractivity contribution in [1.29, 1.82) is 0 Å². The quantitative estimate of drug-likeness (QED) is 0.814. The summed E-state index contributed by atoms with van der Waals surface area (Å²) in [6.07, 6.45) is 0. The number of aryl methyl sites for hydroxylation is 1. The van der Waals surface area contributed by atoms with Crippen molar-refractivity contribution >= 4 is 11.7 Å². The van der Waals surface area contributed by atoms with Crippen molar-refractivity contribution in [2.45, 2.75) is 6.92 Å². The van der Waals surface area contributed by atoms with Gasteiger partial charge in [0.05, 0.1) is 13.2 Å². The molecule has 2 N–H and O–H groups in total. The lowest BCUT2D eigenvalue weighted by Gasteiger charge is -2.26. The van der Waals surface area contributed by atoms with Crippen LogP contribution in [0.15, 0.2) is 24.3 Å². The summed E-state index contributed by atoms with van der Waals surface area (Å²) in [5.74, 6) is 0. The Kier molecular flexibility index (Phi) is 3.95. The van der Waals surface area contributed by atoms with E-state index >= 15 is 0 Å². The number of benzene rings is 1. The fourth-order valence-electron chi connectivity index (χ4n) is 1.70. The first-order valence-electron chi connectivity index (χ1n) is 5.71. The molecule has 1 aromatic carbocycles. The van der Waals surface area contributed by atoms with E-state index in [0.717, 1.165) is 24.3 Å². The SMILES string of the molecule is Cc1cccc(NC(=O)NN2CCOCC2)c1. The second kappa shape index (κ2) is 5.65. The molecule has 1 aliphatic rings. The third-order valence-corrected chi connectivity index (χ3v) is 2.55. The van der Waals surface area contributed by atoms with Crippen LogP contribution in [0.25, 0.3) is 0 Å². The van der Waals surface area contributed by atoms with Crippen LogP contribution in [0.5, 0.6) is 0 Å². The molecule has 0 spiro atoms. The number of anilines is 1. The maximum Gasteiger partial charge on any atom is 0.333 e. The van der Waals surface area contributed by atoms with Crippen molar-refractivity contribution in [3.63, 3.8) is 0 Å². The van der Waals surface area contributed by atoms with Gasteiger partial charge in [0.25, 0.3) is 0 Å². The molecule has 5 nitrogen and oxygen atoms in total. The van der Waals surface area contributed by atoms with Crippen molar-refractivity contribution in [1.82, 2.24) is 10.4 Å². The van der Waals surface area contributed by atoms with Crippen LogP contribution in [-0.4, -0.2) is 37.3 Å². The van der Waals surface area contributed by atoms with Gasteiger partial charge in [-0.25, -0.2) is 9.80 Å². The molecule has 2 rings (SSSR count). The van der Waals surface area contributed by atoms with Gasteiger partial charge in [-0.1, -0.05) is 12.1 Å². The highest BCUT2D eigenvalue weighted by atomic mass is 16.5. The van der Waals surface area contributed by atoms with E-state index in [1.165, 1.54) is 0 Å². The molecule has 0 saturated carbocycles. The van der Waals surface area contributed by atoms with Crippen LogP contribution in [0.4, 0.5) is 10.5 Å². The molecule has 0 unspecified atom stereocenters. The van der Waals surface area contributed by atoms with E-state index in [1.54, 1.807) is 0 Å². The molecule has 0 bridgehead atoms. The first-order chi connectivity index (χ1) is 8.24. The molecule has 2 amide bonds. The van der Waals surface area contributed by atoms with Crippen LogP contribution >= 0.6 is 0 Å². The Labute approximate surface area is 101 Å². The average Bonchev–Trinajstić information content (AvgIpc) is 2.30. The van der Waals surface area contributed by atoms with Crippen LogP contribution in [0.1, 0.15) is 5.56 Å². The highest BCUT2D eigenvalue weighted by Crippen LogP contribution is 2.09. The highest BCUT2D eigenvalue weighted by molar-refractivity contribution is 5.88. The number of carbonyl (C=O) groups is 1. The third kappa shape index (κ3) is 3.72. The van der Waals surface area contributed by atoms with Crippen molar-refractivity contribution in [2.75, 3.05) is 31.6 Å². The fraction of sp³-hybridized carbons (Fsp3) is 0.417. The van der Waals surface area contributed by atoms with Gasteiger partial charge in [0.1, 0.15) is 0 Å². The predicted octanol–water partition coefficient (Wildman–Crippen LogP) is 1.36. The van der Waals surface area contributed by atoms with Crippen molar-refractivity contribution in [3.8, 4) is 0 Å². The maximum atomic E-state index is 11.7. The first-order valence-corrected chi connectivity index (χ1v) is 5.71. The molecule has 1 aliphatic heterocycles. The Balaban J connectivity index is 1.84. The van der Waals surface area contributed by atoms with Crippen LogP contribution in [0.3, 0.4) is 0 Å². The van der Waals surface area contributed by atoms with Crippen LogP contribution in [-0.2, 0) is 4.74 Å². The number of ether oxygens (including phenoxy) is 1. The summed E-state index contributed by atoms with van der Waals surface area (Å²) in [6.45, 7) is 4.75. The molecule has 1 fully saturated rings. The van der Waals surface area contributed by atoms with Crippen molar-refractivity contribution < 1.29 is 9.53 Å². The topological polar surface area (TPSA) is 53.6 Å². The van der Waals surface area contributed by atoms with Gasteiger partial charge in [-0.2, -0.15) is 0 Å². The largest absolute Gasteiger partial charge is 0.379 e. The molecule has 0 aliphatic carbocycles. The zero-order valence-corrected chi connectivity index (χ0v) is 9.90. The van der Waals surface area contributed by atoms with E-state index in [0.29, 0.717) is 13.2 Å². The van der Waals surface area contributed by atoms with Crippen molar-refractivity contribution in [2.24, 2.45) is 0 Å². The summed E-state index contributed by atoms with van der Waals surface area (Å²) in [6, 6.07) is 7.49. The number of hydrogen-bond donors (Lipinski definition) is 2. The number of nitrogens with one attached hydrogen (secondary N) is 2. The average molecular weight is 235 g/mol. The van der Waals surface area contributed by atoms with Gasteiger partial charge in [-0.15, -0.1) is 0 Å². The fourth-order valence-corrected chi connectivity index (χ4v) is 1.70. The Morgan fingerprint density at radius 3 is 2.82 bits per heavy atom. The van der Waals surface area contributed by atoms with Gasteiger partial charge in [0.2, 0.25) is 0 Å². The van der Waals surface area contributed by atoms with Gasteiger partial charge >= 0.3 is 6.03 Å².